The van der Waals surface area contributed by atoms with Gasteiger partial charge in [0.05, 0.1) is 18.8 Å². The molecular formula is C28H39O2P. The number of rotatable bonds is 8. The minimum atomic E-state index is -0.191. The molecule has 0 amide bonds. The summed E-state index contributed by atoms with van der Waals surface area (Å²) < 4.78 is 12.3. The Morgan fingerprint density at radius 3 is 1.71 bits per heavy atom. The molecule has 0 radical (unpaired) electrons. The quantitative estimate of drug-likeness (QED) is 0.390. The first kappa shape index (κ1) is 22.7. The summed E-state index contributed by atoms with van der Waals surface area (Å²) in [7, 11) is -0.191. The molecule has 2 aromatic rings. The second-order valence-corrected chi connectivity index (χ2v) is 11.8. The van der Waals surface area contributed by atoms with Crippen LogP contribution in [0.2, 0.25) is 0 Å². The van der Waals surface area contributed by atoms with E-state index >= 15 is 0 Å². The smallest absolute Gasteiger partial charge is 0.130 e. The lowest BCUT2D eigenvalue weighted by Gasteiger charge is -2.39. The third kappa shape index (κ3) is 5.28. The second kappa shape index (κ2) is 11.4. The number of benzene rings is 2. The van der Waals surface area contributed by atoms with Gasteiger partial charge in [0.1, 0.15) is 11.5 Å². The summed E-state index contributed by atoms with van der Waals surface area (Å²) in [4.78, 5) is 0. The highest BCUT2D eigenvalue weighted by Crippen LogP contribution is 2.57. The molecule has 31 heavy (non-hydrogen) atoms. The van der Waals surface area contributed by atoms with Gasteiger partial charge in [-0.1, -0.05) is 76.8 Å². The van der Waals surface area contributed by atoms with Gasteiger partial charge in [-0.05, 0) is 73.8 Å². The Balaban J connectivity index is 1.83. The summed E-state index contributed by atoms with van der Waals surface area (Å²) in [6, 6.07) is 15.5. The van der Waals surface area contributed by atoms with Crippen molar-refractivity contribution in [2.45, 2.75) is 89.4 Å². The molecule has 4 rings (SSSR count). The monoisotopic (exact) mass is 438 g/mol. The maximum Gasteiger partial charge on any atom is 0.130 e. The Morgan fingerprint density at radius 2 is 1.19 bits per heavy atom. The molecule has 2 fully saturated rings. The van der Waals surface area contributed by atoms with Crippen LogP contribution in [0.4, 0.5) is 0 Å². The van der Waals surface area contributed by atoms with Gasteiger partial charge in [-0.15, -0.1) is 0 Å². The van der Waals surface area contributed by atoms with Crippen LogP contribution in [0.5, 0.6) is 11.5 Å². The minimum Gasteiger partial charge on any atom is -0.493 e. The third-order valence-electron chi connectivity index (χ3n) is 6.98. The Hall–Kier alpha value is -1.53. The topological polar surface area (TPSA) is 18.5 Å². The van der Waals surface area contributed by atoms with Crippen LogP contribution in [0, 0.1) is 0 Å². The van der Waals surface area contributed by atoms with E-state index in [1.807, 2.05) is 0 Å². The van der Waals surface area contributed by atoms with E-state index in [1.54, 1.807) is 5.30 Å². The highest BCUT2D eigenvalue weighted by Gasteiger charge is 2.34. The van der Waals surface area contributed by atoms with Crippen molar-refractivity contribution in [3.05, 3.63) is 42.5 Å². The van der Waals surface area contributed by atoms with Crippen LogP contribution >= 0.6 is 7.92 Å². The lowest BCUT2D eigenvalue weighted by molar-refractivity contribution is 0.326. The van der Waals surface area contributed by atoms with Crippen molar-refractivity contribution in [1.29, 1.82) is 0 Å². The van der Waals surface area contributed by atoms with Crippen LogP contribution < -0.4 is 14.8 Å². The molecule has 3 heteroatoms. The van der Waals surface area contributed by atoms with Crippen molar-refractivity contribution in [3.63, 3.8) is 0 Å². The molecule has 2 nitrogen and oxygen atoms in total. The zero-order valence-electron chi connectivity index (χ0n) is 19.4. The van der Waals surface area contributed by atoms with E-state index in [9.17, 15) is 0 Å². The predicted molar refractivity (Wildman–Crippen MR) is 135 cm³/mol. The average molecular weight is 439 g/mol. The molecule has 0 unspecified atom stereocenters. The van der Waals surface area contributed by atoms with Crippen molar-refractivity contribution in [1.82, 2.24) is 0 Å². The van der Waals surface area contributed by atoms with Gasteiger partial charge < -0.3 is 9.47 Å². The summed E-state index contributed by atoms with van der Waals surface area (Å²) in [5.74, 6) is 1.92. The molecule has 2 aliphatic carbocycles. The van der Waals surface area contributed by atoms with Gasteiger partial charge in [-0.3, -0.25) is 0 Å². The molecule has 2 aliphatic rings. The first-order valence-corrected chi connectivity index (χ1v) is 14.1. The molecule has 0 aromatic heterocycles. The number of hydrogen-bond donors (Lipinski definition) is 0. The average Bonchev–Trinajstić information content (AvgIpc) is 2.82. The van der Waals surface area contributed by atoms with Crippen LogP contribution in [0.1, 0.15) is 78.1 Å². The van der Waals surface area contributed by atoms with E-state index in [-0.39, 0.29) is 7.92 Å². The normalized spacial score (nSPS) is 18.3. The molecule has 168 valence electrons. The SMILES string of the molecule is CCOc1cccc(OCC)c1-c1ccccc1P(C1CCCCC1)C1CCCCC1. The summed E-state index contributed by atoms with van der Waals surface area (Å²) in [5, 5.41) is 1.60. The predicted octanol–water partition coefficient (Wildman–Crippen LogP) is 7.92. The molecule has 0 aliphatic heterocycles. The van der Waals surface area contributed by atoms with Gasteiger partial charge in [-0.25, -0.2) is 0 Å². The molecule has 0 heterocycles. The largest absolute Gasteiger partial charge is 0.493 e. The molecule has 0 bridgehead atoms. The lowest BCUT2D eigenvalue weighted by atomic mass is 9.99. The summed E-state index contributed by atoms with van der Waals surface area (Å²) in [6.45, 7) is 5.48. The van der Waals surface area contributed by atoms with Gasteiger partial charge in [0.2, 0.25) is 0 Å². The Bertz CT molecular complexity index is 779. The fourth-order valence-electron chi connectivity index (χ4n) is 5.65. The van der Waals surface area contributed by atoms with Crippen molar-refractivity contribution >= 4 is 13.2 Å². The summed E-state index contributed by atoms with van der Waals surface area (Å²) >= 11 is 0. The fraction of sp³-hybridized carbons (Fsp3) is 0.571. The van der Waals surface area contributed by atoms with Gasteiger partial charge in [0.15, 0.2) is 0 Å². The van der Waals surface area contributed by atoms with Crippen molar-refractivity contribution in [2.24, 2.45) is 0 Å². The molecule has 2 saturated carbocycles. The van der Waals surface area contributed by atoms with Gasteiger partial charge in [0.25, 0.3) is 0 Å². The van der Waals surface area contributed by atoms with Crippen molar-refractivity contribution in [2.75, 3.05) is 13.2 Å². The maximum atomic E-state index is 6.13. The van der Waals surface area contributed by atoms with Crippen LogP contribution in [0.25, 0.3) is 11.1 Å². The van der Waals surface area contributed by atoms with E-state index in [0.717, 1.165) is 22.8 Å². The molecule has 0 spiro atoms. The van der Waals surface area contributed by atoms with Crippen LogP contribution in [0.15, 0.2) is 42.5 Å². The standard InChI is InChI=1S/C28H39O2P/c1-3-29-25-19-13-20-26(30-4-2)28(25)24-18-11-12-21-27(24)31(22-14-7-5-8-15-22)23-16-9-6-10-17-23/h11-13,18-23H,3-10,14-17H2,1-2H3. The summed E-state index contributed by atoms with van der Waals surface area (Å²) in [6.07, 6.45) is 14.2. The van der Waals surface area contributed by atoms with Gasteiger partial charge >= 0.3 is 0 Å². The Kier molecular flexibility index (Phi) is 8.31. The molecule has 0 N–H and O–H groups in total. The Labute approximate surface area is 190 Å². The minimum absolute atomic E-state index is 0.191. The first-order valence-electron chi connectivity index (χ1n) is 12.6. The van der Waals surface area contributed by atoms with Crippen LogP contribution in [-0.4, -0.2) is 24.5 Å². The maximum absolute atomic E-state index is 6.13. The van der Waals surface area contributed by atoms with Gasteiger partial charge in [0, 0.05) is 0 Å². The van der Waals surface area contributed by atoms with Crippen molar-refractivity contribution in [3.8, 4) is 22.6 Å². The van der Waals surface area contributed by atoms with E-state index < -0.39 is 0 Å². The zero-order chi connectivity index (χ0) is 21.5. The first-order chi connectivity index (χ1) is 15.3. The van der Waals surface area contributed by atoms with E-state index in [1.165, 1.54) is 75.3 Å². The summed E-state index contributed by atoms with van der Waals surface area (Å²) in [5.41, 5.74) is 4.28. The zero-order valence-corrected chi connectivity index (χ0v) is 20.3. The van der Waals surface area contributed by atoms with Crippen LogP contribution in [0.3, 0.4) is 0 Å². The number of hydrogen-bond acceptors (Lipinski definition) is 2. The number of ether oxygens (including phenoxy) is 2. The highest BCUT2D eigenvalue weighted by atomic mass is 31.1. The fourth-order valence-corrected chi connectivity index (χ4v) is 9.60. The van der Waals surface area contributed by atoms with E-state index in [2.05, 4.69) is 56.3 Å². The molecule has 2 aromatic carbocycles. The molecule has 0 saturated heterocycles. The van der Waals surface area contributed by atoms with E-state index in [0.29, 0.717) is 13.2 Å². The van der Waals surface area contributed by atoms with Gasteiger partial charge in [-0.2, -0.15) is 0 Å². The Morgan fingerprint density at radius 1 is 0.677 bits per heavy atom. The lowest BCUT2D eigenvalue weighted by Crippen LogP contribution is -2.27. The second-order valence-electron chi connectivity index (χ2n) is 9.00. The van der Waals surface area contributed by atoms with E-state index in [4.69, 9.17) is 9.47 Å². The molecule has 0 atom stereocenters. The van der Waals surface area contributed by atoms with Crippen molar-refractivity contribution < 1.29 is 9.47 Å². The third-order valence-corrected chi connectivity index (χ3v) is 10.5. The highest BCUT2D eigenvalue weighted by molar-refractivity contribution is 7.67. The van der Waals surface area contributed by atoms with Crippen LogP contribution in [-0.2, 0) is 0 Å². The molecular weight excluding hydrogens is 399 g/mol.